The van der Waals surface area contributed by atoms with Crippen LogP contribution in [-0.4, -0.2) is 50.0 Å². The Bertz CT molecular complexity index is 518. The lowest BCUT2D eigenvalue weighted by Crippen LogP contribution is -2.36. The van der Waals surface area contributed by atoms with Crippen LogP contribution in [0.3, 0.4) is 0 Å². The molecule has 7 heteroatoms. The molecule has 1 saturated carbocycles. The van der Waals surface area contributed by atoms with Gasteiger partial charge < -0.3 is 10.0 Å². The number of carboxylic acid groups (broad SMARTS) is 1. The number of carboxylic acids is 1. The molecule has 1 heterocycles. The normalized spacial score (nSPS) is 15.9. The molecule has 0 bridgehead atoms. The van der Waals surface area contributed by atoms with Crippen molar-refractivity contribution in [3.8, 4) is 0 Å². The second-order valence-corrected chi connectivity index (χ2v) is 5.03. The Balaban J connectivity index is 2.32. The average molecular weight is 280 g/mol. The maximum atomic E-state index is 12.4. The van der Waals surface area contributed by atoms with E-state index in [9.17, 15) is 9.59 Å². The Morgan fingerprint density at radius 1 is 1.40 bits per heavy atom. The third-order valence-electron chi connectivity index (χ3n) is 3.70. The standard InChI is InChI=1S/C13H20N4O3/c1-4-16(5-2)12(18)8(3)17-11(9-6-7-9)10(13(19)20)14-15-17/h8-9H,4-7H2,1-3H3,(H,19,20). The SMILES string of the molecule is CCN(CC)C(=O)C(C)n1nnc(C(=O)O)c1C1CC1. The van der Waals surface area contributed by atoms with Crippen molar-refractivity contribution < 1.29 is 14.7 Å². The number of amides is 1. The largest absolute Gasteiger partial charge is 0.476 e. The second kappa shape index (κ2) is 5.60. The summed E-state index contributed by atoms with van der Waals surface area (Å²) in [5, 5.41) is 16.8. The summed E-state index contributed by atoms with van der Waals surface area (Å²) in [6.45, 7) is 6.82. The van der Waals surface area contributed by atoms with Crippen LogP contribution in [0.25, 0.3) is 0 Å². The number of aromatic carboxylic acids is 1. The van der Waals surface area contributed by atoms with Gasteiger partial charge in [-0.3, -0.25) is 4.79 Å². The maximum absolute atomic E-state index is 12.4. The van der Waals surface area contributed by atoms with E-state index in [2.05, 4.69) is 10.3 Å². The first-order chi connectivity index (χ1) is 9.51. The molecule has 0 spiro atoms. The summed E-state index contributed by atoms with van der Waals surface area (Å²) >= 11 is 0. The van der Waals surface area contributed by atoms with E-state index in [4.69, 9.17) is 5.11 Å². The first-order valence-corrected chi connectivity index (χ1v) is 6.98. The number of likely N-dealkylation sites (N-methyl/N-ethyl adjacent to an activating group) is 1. The Morgan fingerprint density at radius 3 is 2.45 bits per heavy atom. The van der Waals surface area contributed by atoms with Crippen LogP contribution in [0.5, 0.6) is 0 Å². The van der Waals surface area contributed by atoms with E-state index in [1.807, 2.05) is 13.8 Å². The van der Waals surface area contributed by atoms with Gasteiger partial charge in [-0.15, -0.1) is 5.10 Å². The topological polar surface area (TPSA) is 88.3 Å². The molecule has 1 atom stereocenters. The third-order valence-corrected chi connectivity index (χ3v) is 3.70. The lowest BCUT2D eigenvalue weighted by Gasteiger charge is -2.23. The highest BCUT2D eigenvalue weighted by Crippen LogP contribution is 2.42. The fourth-order valence-corrected chi connectivity index (χ4v) is 2.38. The molecular weight excluding hydrogens is 260 g/mol. The summed E-state index contributed by atoms with van der Waals surface area (Å²) < 4.78 is 1.49. The van der Waals surface area contributed by atoms with Crippen LogP contribution in [-0.2, 0) is 4.79 Å². The third kappa shape index (κ3) is 2.52. The lowest BCUT2D eigenvalue weighted by atomic mass is 10.2. The molecule has 1 amide bonds. The van der Waals surface area contributed by atoms with Crippen molar-refractivity contribution in [2.24, 2.45) is 0 Å². The molecule has 1 aromatic rings. The molecule has 0 saturated heterocycles. The molecule has 1 fully saturated rings. The first kappa shape index (κ1) is 14.5. The summed E-state index contributed by atoms with van der Waals surface area (Å²) in [7, 11) is 0. The minimum atomic E-state index is -1.08. The zero-order valence-electron chi connectivity index (χ0n) is 12.0. The van der Waals surface area contributed by atoms with E-state index in [0.29, 0.717) is 18.8 Å². The molecule has 2 rings (SSSR count). The fourth-order valence-electron chi connectivity index (χ4n) is 2.38. The van der Waals surface area contributed by atoms with E-state index < -0.39 is 12.0 Å². The van der Waals surface area contributed by atoms with Gasteiger partial charge in [0.1, 0.15) is 6.04 Å². The number of carbonyl (C=O) groups excluding carboxylic acids is 1. The predicted octanol–water partition coefficient (Wildman–Crippen LogP) is 1.28. The van der Waals surface area contributed by atoms with Crippen molar-refractivity contribution in [2.75, 3.05) is 13.1 Å². The molecule has 1 aliphatic carbocycles. The van der Waals surface area contributed by atoms with Gasteiger partial charge in [0.25, 0.3) is 0 Å². The van der Waals surface area contributed by atoms with Crippen LogP contribution in [0, 0.1) is 0 Å². The van der Waals surface area contributed by atoms with Gasteiger partial charge >= 0.3 is 5.97 Å². The smallest absolute Gasteiger partial charge is 0.358 e. The molecule has 20 heavy (non-hydrogen) atoms. The number of nitrogens with zero attached hydrogens (tertiary/aromatic N) is 4. The molecule has 0 aromatic carbocycles. The Morgan fingerprint density at radius 2 is 2.00 bits per heavy atom. The Labute approximate surface area is 117 Å². The van der Waals surface area contributed by atoms with Gasteiger partial charge in [-0.05, 0) is 33.6 Å². The summed E-state index contributed by atoms with van der Waals surface area (Å²) in [4.78, 5) is 25.3. The quantitative estimate of drug-likeness (QED) is 0.848. The van der Waals surface area contributed by atoms with Crippen LogP contribution in [0.4, 0.5) is 0 Å². The highest BCUT2D eigenvalue weighted by atomic mass is 16.4. The Hall–Kier alpha value is -1.92. The number of aromatic nitrogens is 3. The summed E-state index contributed by atoms with van der Waals surface area (Å²) in [5.41, 5.74) is 0.567. The molecule has 0 radical (unpaired) electrons. The number of hydrogen-bond donors (Lipinski definition) is 1. The number of carbonyl (C=O) groups is 2. The monoisotopic (exact) mass is 280 g/mol. The average Bonchev–Trinajstić information content (AvgIpc) is 3.17. The molecular formula is C13H20N4O3. The lowest BCUT2D eigenvalue weighted by molar-refractivity contribution is -0.134. The van der Waals surface area contributed by atoms with Crippen molar-refractivity contribution >= 4 is 11.9 Å². The second-order valence-electron chi connectivity index (χ2n) is 5.03. The van der Waals surface area contributed by atoms with Crippen molar-refractivity contribution in [2.45, 2.75) is 45.6 Å². The first-order valence-electron chi connectivity index (χ1n) is 6.98. The van der Waals surface area contributed by atoms with E-state index in [1.165, 1.54) is 4.68 Å². The van der Waals surface area contributed by atoms with Crippen LogP contribution in [0.1, 0.15) is 61.8 Å². The highest BCUT2D eigenvalue weighted by Gasteiger charge is 2.36. The summed E-state index contributed by atoms with van der Waals surface area (Å²) in [5.74, 6) is -0.970. The van der Waals surface area contributed by atoms with Crippen molar-refractivity contribution in [1.29, 1.82) is 0 Å². The zero-order chi connectivity index (χ0) is 14.9. The molecule has 1 N–H and O–H groups in total. The van der Waals surface area contributed by atoms with Crippen LogP contribution < -0.4 is 0 Å². The number of hydrogen-bond acceptors (Lipinski definition) is 4. The van der Waals surface area contributed by atoms with E-state index in [0.717, 1.165) is 12.8 Å². The molecule has 7 nitrogen and oxygen atoms in total. The fraction of sp³-hybridized carbons (Fsp3) is 0.692. The minimum Gasteiger partial charge on any atom is -0.476 e. The van der Waals surface area contributed by atoms with Crippen molar-refractivity contribution in [3.05, 3.63) is 11.4 Å². The van der Waals surface area contributed by atoms with Crippen molar-refractivity contribution in [1.82, 2.24) is 19.9 Å². The van der Waals surface area contributed by atoms with Gasteiger partial charge in [-0.1, -0.05) is 5.21 Å². The van der Waals surface area contributed by atoms with Gasteiger partial charge in [0.2, 0.25) is 5.91 Å². The molecule has 1 aliphatic rings. The summed E-state index contributed by atoms with van der Waals surface area (Å²) in [6, 6.07) is -0.522. The van der Waals surface area contributed by atoms with Gasteiger partial charge in [-0.2, -0.15) is 0 Å². The van der Waals surface area contributed by atoms with Crippen LogP contribution >= 0.6 is 0 Å². The van der Waals surface area contributed by atoms with Gasteiger partial charge in [-0.25, -0.2) is 9.48 Å². The number of rotatable bonds is 6. The van der Waals surface area contributed by atoms with E-state index >= 15 is 0 Å². The molecule has 1 aromatic heterocycles. The molecule has 0 aliphatic heterocycles. The molecule has 110 valence electrons. The van der Waals surface area contributed by atoms with Gasteiger partial charge in [0.05, 0.1) is 5.69 Å². The maximum Gasteiger partial charge on any atom is 0.358 e. The highest BCUT2D eigenvalue weighted by molar-refractivity contribution is 5.87. The van der Waals surface area contributed by atoms with Crippen molar-refractivity contribution in [3.63, 3.8) is 0 Å². The zero-order valence-corrected chi connectivity index (χ0v) is 12.0. The van der Waals surface area contributed by atoms with E-state index in [1.54, 1.807) is 11.8 Å². The predicted molar refractivity (Wildman–Crippen MR) is 71.6 cm³/mol. The van der Waals surface area contributed by atoms with Crippen LogP contribution in [0.15, 0.2) is 0 Å². The van der Waals surface area contributed by atoms with Gasteiger partial charge in [0.15, 0.2) is 5.69 Å². The van der Waals surface area contributed by atoms with Gasteiger partial charge in [0, 0.05) is 19.0 Å². The molecule has 1 unspecified atom stereocenters. The minimum absolute atomic E-state index is 0.0216. The van der Waals surface area contributed by atoms with Crippen LogP contribution in [0.2, 0.25) is 0 Å². The van der Waals surface area contributed by atoms with E-state index in [-0.39, 0.29) is 17.5 Å². The Kier molecular flexibility index (Phi) is 4.06. The summed E-state index contributed by atoms with van der Waals surface area (Å²) in [6.07, 6.45) is 1.86.